The number of hydrazine groups is 1. The molecule has 51 heavy (non-hydrogen) atoms. The first-order valence-corrected chi connectivity index (χ1v) is 17.4. The zero-order chi connectivity index (χ0) is 39.0. The molecule has 0 aromatic heterocycles. The van der Waals surface area contributed by atoms with E-state index in [1.165, 1.54) is 5.01 Å². The van der Waals surface area contributed by atoms with Gasteiger partial charge in [0.05, 0.1) is 18.8 Å². The summed E-state index contributed by atoms with van der Waals surface area (Å²) >= 11 is 0. The Morgan fingerprint density at radius 3 is 1.80 bits per heavy atom. The van der Waals surface area contributed by atoms with Gasteiger partial charge in [0.15, 0.2) is 0 Å². The maximum absolute atomic E-state index is 13.2. The molecule has 0 saturated carbocycles. The Kier molecular flexibility index (Phi) is 18.1. The number of rotatable bonds is 19. The number of hydrogen-bond acceptors (Lipinski definition) is 11. The molecule has 1 rings (SSSR count). The molecule has 288 valence electrons. The zero-order valence-electron chi connectivity index (χ0n) is 31.9. The van der Waals surface area contributed by atoms with Crippen molar-refractivity contribution in [1.82, 2.24) is 10.6 Å². The van der Waals surface area contributed by atoms with Crippen molar-refractivity contribution in [2.45, 2.75) is 149 Å². The summed E-state index contributed by atoms with van der Waals surface area (Å²) in [5, 5.41) is 6.56. The lowest BCUT2D eigenvalue weighted by molar-refractivity contribution is -0.160. The number of aryl methyl sites for hydroxylation is 1. The van der Waals surface area contributed by atoms with Gasteiger partial charge in [-0.3, -0.25) is 23.8 Å². The van der Waals surface area contributed by atoms with E-state index in [9.17, 15) is 28.4 Å². The van der Waals surface area contributed by atoms with Crippen LogP contribution in [-0.2, 0) is 44.6 Å². The van der Waals surface area contributed by atoms with Crippen LogP contribution in [0, 0.1) is 0 Å². The molecule has 0 bridgehead atoms. The first-order chi connectivity index (χ1) is 23.5. The lowest BCUT2D eigenvalue weighted by atomic mass is 10.1. The van der Waals surface area contributed by atoms with Gasteiger partial charge < -0.3 is 30.6 Å². The Hall–Kier alpha value is -4.20. The van der Waals surface area contributed by atoms with E-state index in [4.69, 9.17) is 25.8 Å². The number of unbranched alkanes of at least 4 members (excludes halogenated alkanes) is 1. The Balaban J connectivity index is 2.86. The fourth-order valence-corrected chi connectivity index (χ4v) is 4.59. The number of hydrogen-bond donors (Lipinski definition) is 4. The molecule has 2 unspecified atom stereocenters. The first kappa shape index (κ1) is 44.8. The molecule has 2 amide bonds. The highest BCUT2D eigenvalue weighted by molar-refractivity contribution is 5.91. The van der Waals surface area contributed by atoms with Gasteiger partial charge in [-0.05, 0) is 119 Å². The van der Waals surface area contributed by atoms with E-state index in [0.29, 0.717) is 43.5 Å². The van der Waals surface area contributed by atoms with E-state index in [1.54, 1.807) is 68.5 Å². The van der Waals surface area contributed by atoms with E-state index in [-0.39, 0.29) is 19.3 Å². The molecule has 1 aromatic rings. The molecule has 2 atom stereocenters. The Labute approximate surface area is 302 Å². The molecule has 0 aliphatic carbocycles. The predicted octanol–water partition coefficient (Wildman–Crippen LogP) is 4.79. The minimum absolute atomic E-state index is 0.0922. The van der Waals surface area contributed by atoms with Crippen molar-refractivity contribution in [3.05, 3.63) is 41.7 Å². The van der Waals surface area contributed by atoms with Crippen LogP contribution in [0.15, 0.2) is 36.2 Å². The van der Waals surface area contributed by atoms with Gasteiger partial charge in [0, 0.05) is 24.7 Å². The van der Waals surface area contributed by atoms with Crippen molar-refractivity contribution >= 4 is 35.4 Å². The van der Waals surface area contributed by atoms with Crippen LogP contribution in [-0.4, -0.2) is 65.3 Å². The maximum Gasteiger partial charge on any atom is 0.329 e. The van der Waals surface area contributed by atoms with E-state index in [0.717, 1.165) is 5.56 Å². The normalized spacial score (nSPS) is 13.4. The summed E-state index contributed by atoms with van der Waals surface area (Å²) in [6.45, 7) is 14.7. The third-order valence-electron chi connectivity index (χ3n) is 6.76. The number of carbonyl (C=O) groups is 5. The molecule has 1 aromatic carbocycles. The van der Waals surface area contributed by atoms with E-state index < -0.39 is 71.7 Å². The zero-order valence-corrected chi connectivity index (χ0v) is 31.9. The van der Waals surface area contributed by atoms with Crippen LogP contribution in [0.4, 0.5) is 10.1 Å². The van der Waals surface area contributed by atoms with Crippen LogP contribution >= 0.6 is 0 Å². The second-order valence-corrected chi connectivity index (χ2v) is 15.4. The van der Waals surface area contributed by atoms with Crippen LogP contribution in [0.1, 0.15) is 119 Å². The van der Waals surface area contributed by atoms with Gasteiger partial charge in [0.25, 0.3) is 0 Å². The first-order valence-electron chi connectivity index (χ1n) is 17.4. The smallest absolute Gasteiger partial charge is 0.329 e. The lowest BCUT2D eigenvalue weighted by Crippen LogP contribution is -2.50. The largest absolute Gasteiger partial charge is 0.460 e. The second-order valence-electron chi connectivity index (χ2n) is 15.4. The van der Waals surface area contributed by atoms with Crippen molar-refractivity contribution in [2.75, 3.05) is 11.7 Å². The van der Waals surface area contributed by atoms with Crippen molar-refractivity contribution < 1.29 is 42.6 Å². The van der Waals surface area contributed by atoms with Crippen LogP contribution in [0.25, 0.3) is 0 Å². The fraction of sp³-hybridized carbons (Fsp3) is 0.649. The summed E-state index contributed by atoms with van der Waals surface area (Å²) in [5.74, 6) is 2.77. The molecule has 13 nitrogen and oxygen atoms in total. The number of amides is 2. The Morgan fingerprint density at radius 1 is 0.745 bits per heavy atom. The van der Waals surface area contributed by atoms with Gasteiger partial charge in [0.2, 0.25) is 11.8 Å². The molecule has 0 heterocycles. The fourth-order valence-electron chi connectivity index (χ4n) is 4.59. The standard InChI is InChI=1S/C37H60FN5O8/c1-35(2,3)49-32(46)21-20-28(33(47)50-36(4,5)6)41-31(45)23-29(34(48)51-37(7,8)9)42-30(44)15-11-10-13-25-16-18-27(19-17-25)43(40)24-26(39)14-12-22-38/h16-19,24,28-29H,10-15,20-23,39-40H2,1-9H3,(H,41,45)(H,42,44)/b26-24-. The number of anilines is 1. The summed E-state index contributed by atoms with van der Waals surface area (Å²) in [7, 11) is 0. The van der Waals surface area contributed by atoms with Crippen LogP contribution < -0.4 is 27.2 Å². The average molecular weight is 722 g/mol. The highest BCUT2D eigenvalue weighted by atomic mass is 19.1. The van der Waals surface area contributed by atoms with Gasteiger partial charge in [-0.15, -0.1) is 0 Å². The van der Waals surface area contributed by atoms with E-state index >= 15 is 0 Å². The second kappa shape index (κ2) is 20.6. The summed E-state index contributed by atoms with van der Waals surface area (Å²) in [5.41, 5.74) is 5.60. The number of halogens is 1. The topological polar surface area (TPSA) is 192 Å². The number of nitrogens with two attached hydrogens (primary N) is 2. The number of benzene rings is 1. The summed E-state index contributed by atoms with van der Waals surface area (Å²) in [6, 6.07) is 4.97. The van der Waals surface area contributed by atoms with Crippen molar-refractivity contribution in [3.8, 4) is 0 Å². The molecule has 0 spiro atoms. The Bertz CT molecular complexity index is 1330. The monoisotopic (exact) mass is 721 g/mol. The molecule has 0 fully saturated rings. The molecule has 0 saturated heterocycles. The number of nitrogens with one attached hydrogen (secondary N) is 2. The van der Waals surface area contributed by atoms with E-state index in [2.05, 4.69) is 10.6 Å². The molecular weight excluding hydrogens is 661 g/mol. The summed E-state index contributed by atoms with van der Waals surface area (Å²) in [6.07, 6.45) is 3.47. The SMILES string of the molecule is CC(C)(C)OC(=O)CCC(NC(=O)CC(NC(=O)CCCCc1ccc(N(N)/C=C(\N)CCCF)cc1)C(=O)OC(C)(C)C)C(=O)OC(C)(C)C. The number of nitrogens with zero attached hydrogens (tertiary/aromatic N) is 1. The third-order valence-corrected chi connectivity index (χ3v) is 6.76. The van der Waals surface area contributed by atoms with Crippen molar-refractivity contribution in [3.63, 3.8) is 0 Å². The van der Waals surface area contributed by atoms with Gasteiger partial charge in [-0.2, -0.15) is 0 Å². The Morgan fingerprint density at radius 2 is 1.27 bits per heavy atom. The maximum atomic E-state index is 13.2. The van der Waals surface area contributed by atoms with Gasteiger partial charge in [-0.25, -0.2) is 15.4 Å². The van der Waals surface area contributed by atoms with Crippen LogP contribution in [0.5, 0.6) is 0 Å². The average Bonchev–Trinajstić information content (AvgIpc) is 2.97. The van der Waals surface area contributed by atoms with Crippen molar-refractivity contribution in [2.24, 2.45) is 11.6 Å². The highest BCUT2D eigenvalue weighted by Gasteiger charge is 2.32. The number of esters is 3. The molecule has 0 aliphatic heterocycles. The third kappa shape index (κ3) is 20.9. The van der Waals surface area contributed by atoms with Crippen LogP contribution in [0.3, 0.4) is 0 Å². The number of allylic oxidation sites excluding steroid dienone is 1. The van der Waals surface area contributed by atoms with Crippen LogP contribution in [0.2, 0.25) is 0 Å². The minimum Gasteiger partial charge on any atom is -0.460 e. The van der Waals surface area contributed by atoms with E-state index in [1.807, 2.05) is 24.3 Å². The molecule has 0 radical (unpaired) electrons. The number of alkyl halides is 1. The minimum atomic E-state index is -1.33. The summed E-state index contributed by atoms with van der Waals surface area (Å²) < 4.78 is 28.6. The summed E-state index contributed by atoms with van der Waals surface area (Å²) in [4.78, 5) is 64.5. The highest BCUT2D eigenvalue weighted by Crippen LogP contribution is 2.17. The predicted molar refractivity (Wildman–Crippen MR) is 193 cm³/mol. The molecule has 0 aliphatic rings. The lowest BCUT2D eigenvalue weighted by Gasteiger charge is -2.26. The van der Waals surface area contributed by atoms with Gasteiger partial charge >= 0.3 is 17.9 Å². The molecule has 6 N–H and O–H groups in total. The van der Waals surface area contributed by atoms with Gasteiger partial charge in [0.1, 0.15) is 28.9 Å². The molecular formula is C37H60FN5O8. The quantitative estimate of drug-likeness (QED) is 0.0505. The molecule has 14 heteroatoms. The number of ether oxygens (including phenoxy) is 3. The number of carbonyl (C=O) groups excluding carboxylic acids is 5. The van der Waals surface area contributed by atoms with Gasteiger partial charge in [-0.1, -0.05) is 12.1 Å². The van der Waals surface area contributed by atoms with Crippen molar-refractivity contribution in [1.29, 1.82) is 0 Å².